The van der Waals surface area contributed by atoms with E-state index in [9.17, 15) is 9.59 Å². The number of hydrogen-bond acceptors (Lipinski definition) is 7. The summed E-state index contributed by atoms with van der Waals surface area (Å²) in [6.07, 6.45) is 3.16. The molecule has 1 aromatic carbocycles. The summed E-state index contributed by atoms with van der Waals surface area (Å²) in [5, 5.41) is 3.09. The number of ether oxygens (including phenoxy) is 3. The molecule has 0 aromatic heterocycles. The SMILES string of the molecule is CCN1CCN(CCCNC(=O)CC2CCN(C(=O)c3cc(OC)c(OC)c(OC)c3)CC2)CC1. The van der Waals surface area contributed by atoms with Crippen LogP contribution >= 0.6 is 0 Å². The van der Waals surface area contributed by atoms with Crippen LogP contribution in [0.3, 0.4) is 0 Å². The Morgan fingerprint density at radius 2 is 1.51 bits per heavy atom. The average Bonchev–Trinajstić information content (AvgIpc) is 2.90. The Hall–Kier alpha value is -2.52. The lowest BCUT2D eigenvalue weighted by Gasteiger charge is -2.34. The molecule has 0 radical (unpaired) electrons. The molecule has 2 saturated heterocycles. The highest BCUT2D eigenvalue weighted by Gasteiger charge is 2.27. The number of nitrogens with zero attached hydrogens (tertiary/aromatic N) is 3. The Balaban J connectivity index is 1.38. The summed E-state index contributed by atoms with van der Waals surface area (Å²) < 4.78 is 16.1. The number of nitrogens with one attached hydrogen (secondary N) is 1. The standard InChI is InChI=1S/C26H42N4O5/c1-5-28-13-15-29(16-14-28)10-6-9-27-24(31)17-20-7-11-30(12-8-20)26(32)21-18-22(33-2)25(35-4)23(19-21)34-3/h18-20H,5-17H2,1-4H3,(H,27,31). The van der Waals surface area contributed by atoms with Gasteiger partial charge in [-0.3, -0.25) is 9.59 Å². The quantitative estimate of drug-likeness (QED) is 0.476. The lowest BCUT2D eigenvalue weighted by molar-refractivity contribution is -0.122. The molecule has 0 aliphatic carbocycles. The van der Waals surface area contributed by atoms with Crippen LogP contribution in [-0.2, 0) is 4.79 Å². The minimum atomic E-state index is -0.0630. The van der Waals surface area contributed by atoms with Crippen LogP contribution in [-0.4, -0.2) is 107 Å². The molecule has 0 saturated carbocycles. The molecule has 2 fully saturated rings. The Morgan fingerprint density at radius 3 is 2.06 bits per heavy atom. The number of piperazine rings is 1. The monoisotopic (exact) mass is 490 g/mol. The number of likely N-dealkylation sites (tertiary alicyclic amines) is 1. The zero-order valence-corrected chi connectivity index (χ0v) is 21.8. The second-order valence-corrected chi connectivity index (χ2v) is 9.33. The third-order valence-corrected chi connectivity index (χ3v) is 7.17. The third-order valence-electron chi connectivity index (χ3n) is 7.17. The first kappa shape index (κ1) is 27.1. The second kappa shape index (κ2) is 13.5. The van der Waals surface area contributed by atoms with Crippen molar-refractivity contribution in [2.24, 2.45) is 5.92 Å². The summed E-state index contributed by atoms with van der Waals surface area (Å²) in [5.74, 6) is 1.76. The zero-order valence-electron chi connectivity index (χ0n) is 21.8. The number of rotatable bonds is 11. The van der Waals surface area contributed by atoms with Gasteiger partial charge in [0.1, 0.15) is 0 Å². The Labute approximate surface area is 209 Å². The van der Waals surface area contributed by atoms with E-state index in [0.29, 0.717) is 48.2 Å². The maximum Gasteiger partial charge on any atom is 0.254 e. The highest BCUT2D eigenvalue weighted by molar-refractivity contribution is 5.95. The van der Waals surface area contributed by atoms with Crippen molar-refractivity contribution in [3.63, 3.8) is 0 Å². The Morgan fingerprint density at radius 1 is 0.914 bits per heavy atom. The molecular weight excluding hydrogens is 448 g/mol. The van der Waals surface area contributed by atoms with E-state index in [-0.39, 0.29) is 11.8 Å². The molecular formula is C26H42N4O5. The van der Waals surface area contributed by atoms with Crippen LogP contribution in [0.4, 0.5) is 0 Å². The maximum atomic E-state index is 13.1. The molecule has 1 aromatic rings. The summed E-state index contributed by atoms with van der Waals surface area (Å²) in [6.45, 7) is 10.9. The Bertz CT molecular complexity index is 808. The van der Waals surface area contributed by atoms with Crippen LogP contribution in [0.2, 0.25) is 0 Å². The fourth-order valence-corrected chi connectivity index (χ4v) is 4.92. The molecule has 2 amide bonds. The van der Waals surface area contributed by atoms with Crippen molar-refractivity contribution in [3.05, 3.63) is 17.7 Å². The van der Waals surface area contributed by atoms with Gasteiger partial charge in [0.2, 0.25) is 11.7 Å². The van der Waals surface area contributed by atoms with Gasteiger partial charge in [-0.25, -0.2) is 0 Å². The van der Waals surface area contributed by atoms with Crippen LogP contribution < -0.4 is 19.5 Å². The number of likely N-dealkylation sites (N-methyl/N-ethyl adjacent to an activating group) is 1. The van der Waals surface area contributed by atoms with Crippen LogP contribution in [0.1, 0.15) is 43.0 Å². The van der Waals surface area contributed by atoms with Crippen LogP contribution in [0.25, 0.3) is 0 Å². The van der Waals surface area contributed by atoms with Crippen molar-refractivity contribution in [2.75, 3.05) is 80.2 Å². The highest BCUT2D eigenvalue weighted by atomic mass is 16.5. The van der Waals surface area contributed by atoms with Crippen molar-refractivity contribution in [1.29, 1.82) is 0 Å². The lowest BCUT2D eigenvalue weighted by Crippen LogP contribution is -2.46. The van der Waals surface area contributed by atoms with Gasteiger partial charge < -0.3 is 34.2 Å². The first-order valence-corrected chi connectivity index (χ1v) is 12.8. The third kappa shape index (κ3) is 7.48. The molecule has 0 bridgehead atoms. The summed E-state index contributed by atoms with van der Waals surface area (Å²) in [6, 6.07) is 3.37. The van der Waals surface area contributed by atoms with Crippen molar-refractivity contribution < 1.29 is 23.8 Å². The molecule has 3 rings (SSSR count). The first-order chi connectivity index (χ1) is 17.0. The zero-order chi connectivity index (χ0) is 25.2. The van der Waals surface area contributed by atoms with Gasteiger partial charge in [0.15, 0.2) is 11.5 Å². The van der Waals surface area contributed by atoms with E-state index in [1.54, 1.807) is 12.1 Å². The lowest BCUT2D eigenvalue weighted by atomic mass is 9.92. The number of amides is 2. The summed E-state index contributed by atoms with van der Waals surface area (Å²) in [7, 11) is 4.61. The molecule has 2 aliphatic rings. The number of benzene rings is 1. The van der Waals surface area contributed by atoms with Crippen molar-refractivity contribution in [1.82, 2.24) is 20.0 Å². The predicted octanol–water partition coefficient (Wildman–Crippen LogP) is 2.10. The largest absolute Gasteiger partial charge is 0.493 e. The second-order valence-electron chi connectivity index (χ2n) is 9.33. The topological polar surface area (TPSA) is 83.6 Å². The van der Waals surface area contributed by atoms with Gasteiger partial charge in [0, 0.05) is 57.8 Å². The smallest absolute Gasteiger partial charge is 0.254 e. The molecule has 0 atom stereocenters. The van der Waals surface area contributed by atoms with Gasteiger partial charge >= 0.3 is 0 Å². The van der Waals surface area contributed by atoms with Crippen LogP contribution in [0.5, 0.6) is 17.2 Å². The van der Waals surface area contributed by atoms with Gasteiger partial charge in [-0.2, -0.15) is 0 Å². The normalized spacial score (nSPS) is 17.8. The van der Waals surface area contributed by atoms with E-state index in [2.05, 4.69) is 22.0 Å². The molecule has 2 aliphatic heterocycles. The van der Waals surface area contributed by atoms with Gasteiger partial charge in [0.05, 0.1) is 21.3 Å². The predicted molar refractivity (Wildman–Crippen MR) is 136 cm³/mol. The van der Waals surface area contributed by atoms with E-state index >= 15 is 0 Å². The first-order valence-electron chi connectivity index (χ1n) is 12.8. The molecule has 35 heavy (non-hydrogen) atoms. The minimum absolute atomic E-state index is 0.0630. The molecule has 9 nitrogen and oxygen atoms in total. The van der Waals surface area contributed by atoms with Crippen LogP contribution in [0.15, 0.2) is 12.1 Å². The van der Waals surface area contributed by atoms with E-state index in [1.807, 2.05) is 4.90 Å². The van der Waals surface area contributed by atoms with Gasteiger partial charge in [-0.15, -0.1) is 0 Å². The van der Waals surface area contributed by atoms with E-state index in [1.165, 1.54) is 21.3 Å². The van der Waals surface area contributed by atoms with E-state index in [4.69, 9.17) is 14.2 Å². The molecule has 9 heteroatoms. The van der Waals surface area contributed by atoms with Gasteiger partial charge in [-0.1, -0.05) is 6.92 Å². The molecule has 0 unspecified atom stereocenters. The van der Waals surface area contributed by atoms with Crippen LogP contribution in [0, 0.1) is 5.92 Å². The number of carbonyl (C=O) groups excluding carboxylic acids is 2. The maximum absolute atomic E-state index is 13.1. The van der Waals surface area contributed by atoms with Crippen molar-refractivity contribution in [2.45, 2.75) is 32.6 Å². The molecule has 196 valence electrons. The number of piperidine rings is 1. The number of carbonyl (C=O) groups is 2. The van der Waals surface area contributed by atoms with Gasteiger partial charge in [0.25, 0.3) is 5.91 Å². The summed E-state index contributed by atoms with van der Waals surface area (Å²) >= 11 is 0. The fraction of sp³-hybridized carbons (Fsp3) is 0.692. The van der Waals surface area contributed by atoms with Gasteiger partial charge in [-0.05, 0) is 50.4 Å². The number of methoxy groups -OCH3 is 3. The highest BCUT2D eigenvalue weighted by Crippen LogP contribution is 2.38. The van der Waals surface area contributed by atoms with Crippen molar-refractivity contribution in [3.8, 4) is 17.2 Å². The average molecular weight is 491 g/mol. The number of hydrogen-bond donors (Lipinski definition) is 1. The summed E-state index contributed by atoms with van der Waals surface area (Å²) in [4.78, 5) is 32.3. The molecule has 1 N–H and O–H groups in total. The fourth-order valence-electron chi connectivity index (χ4n) is 4.92. The van der Waals surface area contributed by atoms with Crippen molar-refractivity contribution >= 4 is 11.8 Å². The molecule has 0 spiro atoms. The molecule has 2 heterocycles. The van der Waals surface area contributed by atoms with E-state index in [0.717, 1.165) is 65.1 Å². The minimum Gasteiger partial charge on any atom is -0.493 e. The Kier molecular flexibility index (Phi) is 10.5. The summed E-state index contributed by atoms with van der Waals surface area (Å²) in [5.41, 5.74) is 0.506. The van der Waals surface area contributed by atoms with E-state index < -0.39 is 0 Å².